The molecule has 190 valence electrons. The molecule has 0 spiro atoms. The van der Waals surface area contributed by atoms with Gasteiger partial charge in [0.05, 0.1) is 28.1 Å². The minimum atomic E-state index is -0.977. The van der Waals surface area contributed by atoms with Gasteiger partial charge in [-0.1, -0.05) is 35.9 Å². The van der Waals surface area contributed by atoms with Crippen LogP contribution in [0.2, 0.25) is 5.02 Å². The van der Waals surface area contributed by atoms with E-state index < -0.39 is 22.7 Å². The number of carbonyl (C=O) groups excluding carboxylic acids is 1. The number of hydrogen-bond acceptors (Lipinski definition) is 4. The van der Waals surface area contributed by atoms with Gasteiger partial charge >= 0.3 is 5.97 Å². The van der Waals surface area contributed by atoms with Gasteiger partial charge in [0.25, 0.3) is 5.91 Å². The number of hydrogen-bond donors (Lipinski definition) is 2. The van der Waals surface area contributed by atoms with Crippen molar-refractivity contribution in [1.29, 1.82) is 0 Å². The molecule has 2 N–H and O–H groups in total. The third kappa shape index (κ3) is 3.88. The maximum absolute atomic E-state index is 14.4. The largest absolute Gasteiger partial charge is 0.481 e. The minimum Gasteiger partial charge on any atom is -0.481 e. The average molecular weight is 515 g/mol. The first-order valence-corrected chi connectivity index (χ1v) is 12.3. The van der Waals surface area contributed by atoms with Crippen molar-refractivity contribution >= 4 is 34.4 Å². The zero-order chi connectivity index (χ0) is 25.7. The van der Waals surface area contributed by atoms with Crippen molar-refractivity contribution in [3.8, 4) is 0 Å². The Balaban J connectivity index is 1.47. The number of carboxylic acid groups (broad SMARTS) is 1. The highest BCUT2D eigenvalue weighted by Crippen LogP contribution is 2.38. The second-order valence-electron chi connectivity index (χ2n) is 9.76. The van der Waals surface area contributed by atoms with Crippen molar-refractivity contribution in [2.24, 2.45) is 7.05 Å². The summed E-state index contributed by atoms with van der Waals surface area (Å²) in [6.07, 6.45) is 1.39. The number of ether oxygens (including phenoxy) is 2. The molecule has 3 aromatic rings. The predicted octanol–water partition coefficient (Wildman–Crippen LogP) is 4.46. The minimum absolute atomic E-state index is 0.00498. The number of halogens is 2. The van der Waals surface area contributed by atoms with Crippen LogP contribution in [0.25, 0.3) is 10.9 Å². The first-order chi connectivity index (χ1) is 17.2. The number of aryl methyl sites for hydroxylation is 2. The number of nitrogens with zero attached hydrogens (tertiary/aromatic N) is 1. The summed E-state index contributed by atoms with van der Waals surface area (Å²) in [7, 11) is 1.75. The molecule has 0 aliphatic carbocycles. The normalized spacial score (nSPS) is 21.6. The summed E-state index contributed by atoms with van der Waals surface area (Å²) < 4.78 is 27.2. The van der Waals surface area contributed by atoms with Gasteiger partial charge in [0.1, 0.15) is 11.5 Å². The quantitative estimate of drug-likeness (QED) is 0.525. The van der Waals surface area contributed by atoms with Crippen LogP contribution < -0.4 is 5.32 Å². The molecular weight excluding hydrogens is 487 g/mol. The Morgan fingerprint density at radius 2 is 1.69 bits per heavy atom. The molecule has 2 saturated heterocycles. The van der Waals surface area contributed by atoms with Gasteiger partial charge in [-0.25, -0.2) is 4.39 Å². The van der Waals surface area contributed by atoms with Crippen LogP contribution in [0.5, 0.6) is 0 Å². The Morgan fingerprint density at radius 1 is 1.06 bits per heavy atom. The highest BCUT2D eigenvalue weighted by atomic mass is 35.5. The molecule has 0 radical (unpaired) electrons. The summed E-state index contributed by atoms with van der Waals surface area (Å²) in [6.45, 7) is 3.20. The third-order valence-electron chi connectivity index (χ3n) is 7.76. The molecule has 9 heteroatoms. The summed E-state index contributed by atoms with van der Waals surface area (Å²) in [5, 5.41) is 13.6. The van der Waals surface area contributed by atoms with Crippen molar-refractivity contribution in [3.63, 3.8) is 0 Å². The van der Waals surface area contributed by atoms with E-state index in [2.05, 4.69) is 5.32 Å². The molecule has 3 heterocycles. The van der Waals surface area contributed by atoms with Crippen molar-refractivity contribution in [2.75, 3.05) is 26.4 Å². The first-order valence-electron chi connectivity index (χ1n) is 11.9. The van der Waals surface area contributed by atoms with Gasteiger partial charge < -0.3 is 24.5 Å². The highest BCUT2D eigenvalue weighted by Gasteiger charge is 2.43. The fourth-order valence-electron chi connectivity index (χ4n) is 5.44. The Labute approximate surface area is 213 Å². The smallest absolute Gasteiger partial charge is 0.314 e. The van der Waals surface area contributed by atoms with Gasteiger partial charge in [0, 0.05) is 38.7 Å². The fourth-order valence-corrected chi connectivity index (χ4v) is 5.75. The SMILES string of the molecule is Cc1cc2c(cc(C(=O)NC3(c4ccc(C5(C(=O)O)CCOCC5)cc4)CCOC3)n2C)c(Cl)c1F. The van der Waals surface area contributed by atoms with E-state index in [4.69, 9.17) is 21.1 Å². The van der Waals surface area contributed by atoms with Crippen molar-refractivity contribution in [2.45, 2.75) is 37.1 Å². The number of rotatable bonds is 5. The monoisotopic (exact) mass is 514 g/mol. The third-order valence-corrected chi connectivity index (χ3v) is 8.13. The number of aromatic nitrogens is 1. The molecule has 36 heavy (non-hydrogen) atoms. The Hall–Kier alpha value is -2.94. The lowest BCUT2D eigenvalue weighted by atomic mass is 9.73. The van der Waals surface area contributed by atoms with Crippen LogP contribution in [-0.4, -0.2) is 48.0 Å². The number of carboxylic acids is 1. The summed E-state index contributed by atoms with van der Waals surface area (Å²) >= 11 is 6.24. The number of fused-ring (bicyclic) bond motifs is 1. The topological polar surface area (TPSA) is 89.8 Å². The number of nitrogens with one attached hydrogen (secondary N) is 1. The van der Waals surface area contributed by atoms with Crippen LogP contribution >= 0.6 is 11.6 Å². The fraction of sp³-hybridized carbons (Fsp3) is 0.407. The molecule has 2 aliphatic rings. The van der Waals surface area contributed by atoms with Crippen molar-refractivity contribution in [3.05, 3.63) is 69.6 Å². The van der Waals surface area contributed by atoms with Crippen molar-refractivity contribution in [1.82, 2.24) is 9.88 Å². The van der Waals surface area contributed by atoms with Crippen LogP contribution in [0.15, 0.2) is 36.4 Å². The zero-order valence-corrected chi connectivity index (χ0v) is 21.0. The van der Waals surface area contributed by atoms with Crippen LogP contribution in [-0.2, 0) is 32.3 Å². The molecule has 2 aliphatic heterocycles. The van der Waals surface area contributed by atoms with Gasteiger partial charge in [0.2, 0.25) is 0 Å². The lowest BCUT2D eigenvalue weighted by Gasteiger charge is -2.34. The molecule has 0 bridgehead atoms. The van der Waals surface area contributed by atoms with Crippen LogP contribution in [0.3, 0.4) is 0 Å². The van der Waals surface area contributed by atoms with E-state index in [0.29, 0.717) is 61.2 Å². The number of amides is 1. The number of aliphatic carboxylic acids is 1. The van der Waals surface area contributed by atoms with Gasteiger partial charge in [-0.2, -0.15) is 0 Å². The first kappa shape index (κ1) is 24.7. The van der Waals surface area contributed by atoms with Crippen LogP contribution in [0.4, 0.5) is 4.39 Å². The average Bonchev–Trinajstić information content (AvgIpc) is 3.48. The maximum atomic E-state index is 14.4. The van der Waals surface area contributed by atoms with Crippen LogP contribution in [0, 0.1) is 12.7 Å². The van der Waals surface area contributed by atoms with E-state index in [1.807, 2.05) is 24.3 Å². The summed E-state index contributed by atoms with van der Waals surface area (Å²) in [5.74, 6) is -1.68. The molecule has 1 unspecified atom stereocenters. The summed E-state index contributed by atoms with van der Waals surface area (Å²) in [6, 6.07) is 10.7. The second-order valence-corrected chi connectivity index (χ2v) is 10.1. The molecule has 5 rings (SSSR count). The van der Waals surface area contributed by atoms with E-state index in [1.165, 1.54) is 0 Å². The Morgan fingerprint density at radius 3 is 2.31 bits per heavy atom. The van der Waals surface area contributed by atoms with Gasteiger partial charge in [0.15, 0.2) is 0 Å². The maximum Gasteiger partial charge on any atom is 0.314 e. The van der Waals surface area contributed by atoms with Crippen molar-refractivity contribution < 1.29 is 28.6 Å². The molecule has 1 atom stereocenters. The second kappa shape index (κ2) is 9.18. The van der Waals surface area contributed by atoms with E-state index in [1.54, 1.807) is 30.7 Å². The van der Waals surface area contributed by atoms with Crippen LogP contribution in [0.1, 0.15) is 46.4 Å². The van der Waals surface area contributed by atoms with Gasteiger partial charge in [-0.3, -0.25) is 9.59 Å². The Kier molecular flexibility index (Phi) is 6.31. The highest BCUT2D eigenvalue weighted by molar-refractivity contribution is 6.36. The molecule has 2 aromatic carbocycles. The summed E-state index contributed by atoms with van der Waals surface area (Å²) in [5.41, 5.74) is 1.24. The van der Waals surface area contributed by atoms with E-state index >= 15 is 0 Å². The Bertz CT molecular complexity index is 1340. The van der Waals surface area contributed by atoms with Gasteiger partial charge in [-0.15, -0.1) is 0 Å². The molecule has 1 aromatic heterocycles. The van der Waals surface area contributed by atoms with E-state index in [9.17, 15) is 19.1 Å². The molecule has 0 saturated carbocycles. The number of benzene rings is 2. The molecule has 7 nitrogen and oxygen atoms in total. The lowest BCUT2D eigenvalue weighted by molar-refractivity contribution is -0.147. The lowest BCUT2D eigenvalue weighted by Crippen LogP contribution is -2.47. The number of carbonyl (C=O) groups is 2. The predicted molar refractivity (Wildman–Crippen MR) is 133 cm³/mol. The summed E-state index contributed by atoms with van der Waals surface area (Å²) in [4.78, 5) is 25.7. The zero-order valence-electron chi connectivity index (χ0n) is 20.2. The van der Waals surface area contributed by atoms with E-state index in [0.717, 1.165) is 11.1 Å². The van der Waals surface area contributed by atoms with Gasteiger partial charge in [-0.05, 0) is 48.6 Å². The standard InChI is InChI=1S/C27H28ClFN2O5/c1-16-13-20-19(22(28)23(16)29)14-21(31(20)2)24(32)30-27(9-12-36-15-27)18-5-3-17(4-6-18)26(25(33)34)7-10-35-11-8-26/h3-6,13-14H,7-12,15H2,1-2H3,(H,30,32)(H,33,34). The molecule has 1 amide bonds. The van der Waals surface area contributed by atoms with E-state index in [-0.39, 0.29) is 17.5 Å². The molecular formula is C27H28ClFN2O5. The molecule has 2 fully saturated rings.